The van der Waals surface area contributed by atoms with Crippen molar-refractivity contribution >= 4 is 89.6 Å². The predicted octanol–water partition coefficient (Wildman–Crippen LogP) is 3.39. The number of anilines is 3. The maximum atomic E-state index is 6.68. The molecule has 0 aromatic heterocycles. The Morgan fingerprint density at radius 2 is 0.722 bits per heavy atom. The molecule has 0 bridgehead atoms. The molecule has 3 aromatic carbocycles. The summed E-state index contributed by atoms with van der Waals surface area (Å²) in [6.07, 6.45) is 0. The van der Waals surface area contributed by atoms with Gasteiger partial charge in [0.2, 0.25) is 0 Å². The summed E-state index contributed by atoms with van der Waals surface area (Å²) < 4.78 is 18.8. The molecular formula is C24H27B3Cl3N3O3. The Morgan fingerprint density at radius 3 is 0.917 bits per heavy atom. The lowest BCUT2D eigenvalue weighted by Crippen LogP contribution is -2.61. The summed E-state index contributed by atoms with van der Waals surface area (Å²) in [6, 6.07) is 17.2. The molecule has 1 saturated heterocycles. The van der Waals surface area contributed by atoms with Crippen LogP contribution in [0.4, 0.5) is 17.1 Å². The molecule has 0 unspecified atom stereocenters. The van der Waals surface area contributed by atoms with Gasteiger partial charge in [0.25, 0.3) is 0 Å². The Hall–Kier alpha value is -2.00. The summed E-state index contributed by atoms with van der Waals surface area (Å²) in [7, 11) is 9.30. The lowest BCUT2D eigenvalue weighted by atomic mass is 9.61. The fourth-order valence-corrected chi connectivity index (χ4v) is 4.62. The summed E-state index contributed by atoms with van der Waals surface area (Å²) in [6.45, 7) is 0. The second-order valence-corrected chi connectivity index (χ2v) is 10.4. The van der Waals surface area contributed by atoms with E-state index < -0.39 is 21.4 Å². The quantitative estimate of drug-likeness (QED) is 0.444. The highest BCUT2D eigenvalue weighted by Gasteiger charge is 2.45. The van der Waals surface area contributed by atoms with Crippen molar-refractivity contribution in [2.75, 3.05) is 57.0 Å². The van der Waals surface area contributed by atoms with E-state index in [4.69, 9.17) is 48.5 Å². The number of rotatable bonds is 6. The van der Waals surface area contributed by atoms with Crippen LogP contribution in [0.3, 0.4) is 0 Å². The highest BCUT2D eigenvalue weighted by Crippen LogP contribution is 2.24. The van der Waals surface area contributed by atoms with E-state index in [1.807, 2.05) is 112 Å². The number of halogens is 3. The molecule has 0 radical (unpaired) electrons. The number of nitrogens with zero attached hydrogens (tertiary/aromatic N) is 3. The van der Waals surface area contributed by atoms with Gasteiger partial charge in [0, 0.05) is 74.4 Å². The molecule has 1 fully saturated rings. The van der Waals surface area contributed by atoms with Crippen LogP contribution in [-0.4, -0.2) is 63.6 Å². The van der Waals surface area contributed by atoms with Crippen molar-refractivity contribution in [3.63, 3.8) is 0 Å². The second kappa shape index (κ2) is 11.2. The van der Waals surface area contributed by atoms with Crippen molar-refractivity contribution in [2.24, 2.45) is 0 Å². The second-order valence-electron chi connectivity index (χ2n) is 9.20. The molecule has 12 heteroatoms. The van der Waals surface area contributed by atoms with Crippen LogP contribution in [0.2, 0.25) is 15.1 Å². The molecule has 0 amide bonds. The molecule has 0 N–H and O–H groups in total. The summed E-state index contributed by atoms with van der Waals surface area (Å²) in [5.74, 6) is 0. The van der Waals surface area contributed by atoms with Gasteiger partial charge in [0.05, 0.1) is 0 Å². The molecule has 1 aliphatic heterocycles. The predicted molar refractivity (Wildman–Crippen MR) is 157 cm³/mol. The molecule has 0 aliphatic carbocycles. The van der Waals surface area contributed by atoms with Crippen molar-refractivity contribution in [1.82, 2.24) is 0 Å². The molecule has 0 saturated carbocycles. The van der Waals surface area contributed by atoms with Gasteiger partial charge in [-0.15, -0.1) is 0 Å². The topological polar surface area (TPSA) is 37.4 Å². The minimum absolute atomic E-state index is 0.522. The normalized spacial score (nSPS) is 13.8. The van der Waals surface area contributed by atoms with Crippen LogP contribution in [0.1, 0.15) is 0 Å². The van der Waals surface area contributed by atoms with Crippen molar-refractivity contribution < 1.29 is 13.7 Å². The van der Waals surface area contributed by atoms with Gasteiger partial charge >= 0.3 is 21.4 Å². The van der Waals surface area contributed by atoms with E-state index in [0.717, 1.165) is 17.1 Å². The van der Waals surface area contributed by atoms with Crippen molar-refractivity contribution in [1.29, 1.82) is 0 Å². The zero-order valence-corrected chi connectivity index (χ0v) is 23.4. The van der Waals surface area contributed by atoms with Crippen LogP contribution in [0.15, 0.2) is 54.6 Å². The smallest absolute Gasteiger partial charge is 0.445 e. The van der Waals surface area contributed by atoms with Crippen LogP contribution in [-0.2, 0) is 13.7 Å². The van der Waals surface area contributed by atoms with Crippen LogP contribution in [0, 0.1) is 0 Å². The van der Waals surface area contributed by atoms with Gasteiger partial charge in [-0.3, -0.25) is 0 Å². The monoisotopic (exact) mass is 543 g/mol. The average Bonchev–Trinajstić information content (AvgIpc) is 2.83. The van der Waals surface area contributed by atoms with Gasteiger partial charge in [-0.1, -0.05) is 53.0 Å². The highest BCUT2D eigenvalue weighted by atomic mass is 35.5. The first-order valence-corrected chi connectivity index (χ1v) is 12.5. The molecule has 36 heavy (non-hydrogen) atoms. The molecule has 1 heterocycles. The SMILES string of the molecule is CN(C)c1ccc(B2OB(c3ccc(N(C)C)cc3Cl)OB(c3ccc(N(C)C)cc3Cl)O2)c(Cl)c1. The van der Waals surface area contributed by atoms with Crippen molar-refractivity contribution in [2.45, 2.75) is 0 Å². The summed E-state index contributed by atoms with van der Waals surface area (Å²) in [5, 5.41) is 1.57. The van der Waals surface area contributed by atoms with Crippen molar-refractivity contribution in [3.05, 3.63) is 69.7 Å². The van der Waals surface area contributed by atoms with Gasteiger partial charge < -0.3 is 28.4 Å². The zero-order chi connectivity index (χ0) is 26.1. The summed E-state index contributed by atoms with van der Waals surface area (Å²) in [4.78, 5) is 5.93. The third kappa shape index (κ3) is 5.77. The number of hydrogen-bond donors (Lipinski definition) is 0. The lowest BCUT2D eigenvalue weighted by Gasteiger charge is -2.33. The highest BCUT2D eigenvalue weighted by molar-refractivity contribution is 6.89. The molecule has 6 nitrogen and oxygen atoms in total. The van der Waals surface area contributed by atoms with Crippen LogP contribution in [0.25, 0.3) is 0 Å². The first kappa shape index (κ1) is 27.1. The third-order valence-electron chi connectivity index (χ3n) is 6.00. The van der Waals surface area contributed by atoms with Crippen molar-refractivity contribution in [3.8, 4) is 0 Å². The van der Waals surface area contributed by atoms with Crippen LogP contribution < -0.4 is 31.1 Å². The number of benzene rings is 3. The van der Waals surface area contributed by atoms with E-state index >= 15 is 0 Å². The molecule has 3 aromatic rings. The van der Waals surface area contributed by atoms with Gasteiger partial charge in [0.15, 0.2) is 0 Å². The van der Waals surface area contributed by atoms with Gasteiger partial charge in [-0.2, -0.15) is 0 Å². The zero-order valence-electron chi connectivity index (χ0n) is 21.1. The first-order chi connectivity index (χ1) is 17.0. The minimum atomic E-state index is -0.813. The van der Waals surface area contributed by atoms with E-state index in [0.29, 0.717) is 31.5 Å². The Bertz CT molecular complexity index is 1090. The van der Waals surface area contributed by atoms with E-state index in [1.165, 1.54) is 0 Å². The average molecular weight is 544 g/mol. The van der Waals surface area contributed by atoms with E-state index in [1.54, 1.807) is 0 Å². The molecule has 0 spiro atoms. The van der Waals surface area contributed by atoms with E-state index in [-0.39, 0.29) is 0 Å². The largest absolute Gasteiger partial charge is 0.468 e. The van der Waals surface area contributed by atoms with Gasteiger partial charge in [0.1, 0.15) is 0 Å². The number of hydrogen-bond acceptors (Lipinski definition) is 6. The van der Waals surface area contributed by atoms with Gasteiger partial charge in [-0.05, 0) is 52.8 Å². The van der Waals surface area contributed by atoms with E-state index in [2.05, 4.69) is 0 Å². The fourth-order valence-electron chi connectivity index (χ4n) is 3.83. The van der Waals surface area contributed by atoms with Crippen LogP contribution >= 0.6 is 34.8 Å². The molecule has 1 aliphatic rings. The summed E-state index contributed by atoms with van der Waals surface area (Å²) >= 11 is 20.0. The maximum absolute atomic E-state index is 6.68. The molecule has 0 atom stereocenters. The lowest BCUT2D eigenvalue weighted by molar-refractivity contribution is 0.308. The van der Waals surface area contributed by atoms with E-state index in [9.17, 15) is 0 Å². The molecule has 186 valence electrons. The Balaban J connectivity index is 1.74. The molecule has 4 rings (SSSR count). The third-order valence-corrected chi connectivity index (χ3v) is 6.99. The summed E-state index contributed by atoms with van der Waals surface area (Å²) in [5.41, 5.74) is 4.95. The Morgan fingerprint density at radius 1 is 0.472 bits per heavy atom. The molecular weight excluding hydrogens is 517 g/mol. The minimum Gasteiger partial charge on any atom is -0.445 e. The first-order valence-electron chi connectivity index (χ1n) is 11.4. The van der Waals surface area contributed by atoms with Crippen LogP contribution in [0.5, 0.6) is 0 Å². The Kier molecular flexibility index (Phi) is 8.40. The standard InChI is InChI=1S/C24H27B3Cl3N3O3/c1-31(2)16-7-10-19(22(28)13-16)25-34-26(20-11-8-17(32(3)4)14-23(20)29)36-27(35-25)21-12-9-18(33(5)6)15-24(21)30/h7-15H,1-6H3. The maximum Gasteiger partial charge on any atom is 0.468 e. The van der Waals surface area contributed by atoms with Gasteiger partial charge in [-0.25, -0.2) is 0 Å². The Labute approximate surface area is 229 Å². The fraction of sp³-hybridized carbons (Fsp3) is 0.250.